The van der Waals surface area contributed by atoms with Gasteiger partial charge in [0.2, 0.25) is 0 Å². The van der Waals surface area contributed by atoms with E-state index in [1.54, 1.807) is 13.8 Å². The van der Waals surface area contributed by atoms with Gasteiger partial charge in [-0.15, -0.1) is 0 Å². The lowest BCUT2D eigenvalue weighted by molar-refractivity contribution is 0.273. The van der Waals surface area contributed by atoms with Gasteiger partial charge in [-0.2, -0.15) is 0 Å². The van der Waals surface area contributed by atoms with Crippen molar-refractivity contribution in [1.29, 1.82) is 0 Å². The van der Waals surface area contributed by atoms with Gasteiger partial charge in [-0.25, -0.2) is 8.42 Å². The first-order valence-electron chi connectivity index (χ1n) is 6.50. The van der Waals surface area contributed by atoms with Crippen molar-refractivity contribution in [1.82, 2.24) is 10.2 Å². The fraction of sp³-hybridized carbons (Fsp3) is 1.00. The number of hydrogen-bond donors (Lipinski definition) is 1. The molecule has 17 heavy (non-hydrogen) atoms. The third-order valence-electron chi connectivity index (χ3n) is 3.02. The van der Waals surface area contributed by atoms with Gasteiger partial charge in [0.25, 0.3) is 0 Å². The van der Waals surface area contributed by atoms with Crippen molar-refractivity contribution in [2.45, 2.75) is 45.9 Å². The first-order chi connectivity index (χ1) is 7.83. The number of sulfone groups is 1. The molecule has 0 aliphatic rings. The summed E-state index contributed by atoms with van der Waals surface area (Å²) in [6.45, 7) is 13.4. The van der Waals surface area contributed by atoms with Crippen LogP contribution in [0.1, 0.15) is 34.6 Å². The summed E-state index contributed by atoms with van der Waals surface area (Å²) in [5.41, 5.74) is 0. The quantitative estimate of drug-likeness (QED) is 0.678. The average Bonchev–Trinajstić information content (AvgIpc) is 2.25. The Morgan fingerprint density at radius 2 is 1.65 bits per heavy atom. The summed E-state index contributed by atoms with van der Waals surface area (Å²) in [7, 11) is -2.91. The van der Waals surface area contributed by atoms with Crippen LogP contribution in [0, 0.1) is 0 Å². The Bertz CT molecular complexity index is 285. The van der Waals surface area contributed by atoms with Crippen LogP contribution in [-0.2, 0) is 9.84 Å². The zero-order valence-electron chi connectivity index (χ0n) is 11.9. The van der Waals surface area contributed by atoms with Crippen LogP contribution in [-0.4, -0.2) is 56.5 Å². The standard InChI is InChI=1S/C12H28N2O2S/c1-6-14(7-2)10-12(5)13-8-9-17(15,16)11(3)4/h11-13H,6-10H2,1-5H3. The van der Waals surface area contributed by atoms with Crippen LogP contribution in [0.4, 0.5) is 0 Å². The van der Waals surface area contributed by atoms with Crippen LogP contribution < -0.4 is 5.32 Å². The van der Waals surface area contributed by atoms with Crippen LogP contribution in [0.25, 0.3) is 0 Å². The Morgan fingerprint density at radius 1 is 1.12 bits per heavy atom. The summed E-state index contributed by atoms with van der Waals surface area (Å²) in [5.74, 6) is 0.229. The highest BCUT2D eigenvalue weighted by molar-refractivity contribution is 7.92. The van der Waals surface area contributed by atoms with E-state index in [1.165, 1.54) is 0 Å². The Labute approximate surface area is 107 Å². The van der Waals surface area contributed by atoms with Crippen molar-refractivity contribution >= 4 is 9.84 Å². The molecule has 1 N–H and O–H groups in total. The van der Waals surface area contributed by atoms with Gasteiger partial charge in [-0.1, -0.05) is 13.8 Å². The fourth-order valence-corrected chi connectivity index (χ4v) is 2.49. The van der Waals surface area contributed by atoms with E-state index in [2.05, 4.69) is 31.0 Å². The largest absolute Gasteiger partial charge is 0.312 e. The van der Waals surface area contributed by atoms with Crippen molar-refractivity contribution < 1.29 is 8.42 Å². The highest BCUT2D eigenvalue weighted by Gasteiger charge is 2.16. The predicted molar refractivity (Wildman–Crippen MR) is 74.2 cm³/mol. The van der Waals surface area contributed by atoms with Crippen molar-refractivity contribution in [3.05, 3.63) is 0 Å². The van der Waals surface area contributed by atoms with E-state index in [4.69, 9.17) is 0 Å². The van der Waals surface area contributed by atoms with Crippen molar-refractivity contribution in [3.8, 4) is 0 Å². The molecule has 0 aromatic carbocycles. The maximum Gasteiger partial charge on any atom is 0.153 e. The molecule has 0 aliphatic heterocycles. The molecule has 0 heterocycles. The second kappa shape index (κ2) is 8.06. The summed E-state index contributed by atoms with van der Waals surface area (Å²) in [4.78, 5) is 2.33. The second-order valence-corrected chi connectivity index (χ2v) is 7.43. The van der Waals surface area contributed by atoms with E-state index < -0.39 is 9.84 Å². The first-order valence-corrected chi connectivity index (χ1v) is 8.22. The molecule has 0 amide bonds. The monoisotopic (exact) mass is 264 g/mol. The number of nitrogens with zero attached hydrogens (tertiary/aromatic N) is 1. The summed E-state index contributed by atoms with van der Waals surface area (Å²) < 4.78 is 23.2. The minimum Gasteiger partial charge on any atom is -0.312 e. The predicted octanol–water partition coefficient (Wildman–Crippen LogP) is 1.13. The highest BCUT2D eigenvalue weighted by Crippen LogP contribution is 1.99. The smallest absolute Gasteiger partial charge is 0.153 e. The number of rotatable bonds is 9. The van der Waals surface area contributed by atoms with E-state index in [0.717, 1.165) is 19.6 Å². The van der Waals surface area contributed by atoms with Crippen molar-refractivity contribution in [3.63, 3.8) is 0 Å². The van der Waals surface area contributed by atoms with Gasteiger partial charge >= 0.3 is 0 Å². The van der Waals surface area contributed by atoms with Crippen LogP contribution in [0.2, 0.25) is 0 Å². The molecule has 0 saturated heterocycles. The molecule has 0 spiro atoms. The zero-order valence-corrected chi connectivity index (χ0v) is 12.7. The van der Waals surface area contributed by atoms with E-state index in [-0.39, 0.29) is 11.0 Å². The second-order valence-electron chi connectivity index (χ2n) is 4.76. The molecule has 4 nitrogen and oxygen atoms in total. The van der Waals surface area contributed by atoms with Gasteiger partial charge in [0.05, 0.1) is 11.0 Å². The van der Waals surface area contributed by atoms with Gasteiger partial charge in [0.1, 0.15) is 0 Å². The Morgan fingerprint density at radius 3 is 2.06 bits per heavy atom. The molecule has 0 rings (SSSR count). The molecule has 0 radical (unpaired) electrons. The molecule has 104 valence electrons. The molecule has 1 atom stereocenters. The molecule has 1 unspecified atom stereocenters. The Kier molecular flexibility index (Phi) is 8.00. The van der Waals surface area contributed by atoms with Gasteiger partial charge in [0, 0.05) is 19.1 Å². The van der Waals surface area contributed by atoms with E-state index in [1.807, 2.05) is 0 Å². The topological polar surface area (TPSA) is 49.4 Å². The lowest BCUT2D eigenvalue weighted by atomic mass is 10.3. The third-order valence-corrected chi connectivity index (χ3v) is 5.23. The van der Waals surface area contributed by atoms with Crippen molar-refractivity contribution in [2.75, 3.05) is 31.9 Å². The molecule has 0 aromatic rings. The Hall–Kier alpha value is -0.130. The zero-order chi connectivity index (χ0) is 13.5. The molecular formula is C12H28N2O2S. The normalized spacial score (nSPS) is 14.5. The minimum atomic E-state index is -2.91. The molecule has 5 heteroatoms. The molecule has 0 fully saturated rings. The SMILES string of the molecule is CCN(CC)CC(C)NCCS(=O)(=O)C(C)C. The first kappa shape index (κ1) is 16.9. The van der Waals surface area contributed by atoms with Crippen LogP contribution in [0.5, 0.6) is 0 Å². The molecule has 0 bridgehead atoms. The Balaban J connectivity index is 3.90. The van der Waals surface area contributed by atoms with E-state index in [9.17, 15) is 8.42 Å². The van der Waals surface area contributed by atoms with Crippen molar-refractivity contribution in [2.24, 2.45) is 0 Å². The third kappa shape index (κ3) is 7.01. The van der Waals surface area contributed by atoms with E-state index >= 15 is 0 Å². The minimum absolute atomic E-state index is 0.229. The van der Waals surface area contributed by atoms with Crippen LogP contribution in [0.15, 0.2) is 0 Å². The van der Waals surface area contributed by atoms with Gasteiger partial charge in [-0.05, 0) is 33.9 Å². The number of nitrogens with one attached hydrogen (secondary N) is 1. The summed E-state index contributed by atoms with van der Waals surface area (Å²) in [6, 6.07) is 0.331. The van der Waals surface area contributed by atoms with Gasteiger partial charge < -0.3 is 10.2 Å². The number of hydrogen-bond acceptors (Lipinski definition) is 4. The number of likely N-dealkylation sites (N-methyl/N-ethyl adjacent to an activating group) is 1. The van der Waals surface area contributed by atoms with Crippen LogP contribution >= 0.6 is 0 Å². The summed E-state index contributed by atoms with van der Waals surface area (Å²) in [5, 5.41) is 3.00. The highest BCUT2D eigenvalue weighted by atomic mass is 32.2. The van der Waals surface area contributed by atoms with E-state index in [0.29, 0.717) is 12.6 Å². The lowest BCUT2D eigenvalue weighted by Crippen LogP contribution is -2.41. The fourth-order valence-electron chi connectivity index (χ4n) is 1.62. The van der Waals surface area contributed by atoms with Gasteiger partial charge in [0.15, 0.2) is 9.84 Å². The average molecular weight is 264 g/mol. The lowest BCUT2D eigenvalue weighted by Gasteiger charge is -2.23. The molecule has 0 aliphatic carbocycles. The molecule has 0 aromatic heterocycles. The summed E-state index contributed by atoms with van der Waals surface area (Å²) in [6.07, 6.45) is 0. The molecular weight excluding hydrogens is 236 g/mol. The van der Waals surface area contributed by atoms with Crippen LogP contribution in [0.3, 0.4) is 0 Å². The maximum absolute atomic E-state index is 11.6. The van der Waals surface area contributed by atoms with Gasteiger partial charge in [-0.3, -0.25) is 0 Å². The maximum atomic E-state index is 11.6. The summed E-state index contributed by atoms with van der Waals surface area (Å²) >= 11 is 0. The molecule has 0 saturated carbocycles.